The van der Waals surface area contributed by atoms with Crippen LogP contribution in [0.5, 0.6) is 5.75 Å². The van der Waals surface area contributed by atoms with Gasteiger partial charge < -0.3 is 10.1 Å². The number of carbonyl (C=O) groups is 4. The van der Waals surface area contributed by atoms with E-state index < -0.39 is 17.7 Å². The Balaban J connectivity index is 1.42. The van der Waals surface area contributed by atoms with Gasteiger partial charge in [-0.2, -0.15) is 0 Å². The first-order valence-corrected chi connectivity index (χ1v) is 9.55. The number of imide groups is 1. The van der Waals surface area contributed by atoms with Gasteiger partial charge in [0.1, 0.15) is 5.75 Å². The number of ether oxygens (including phenoxy) is 1. The predicted molar refractivity (Wildman–Crippen MR) is 115 cm³/mol. The zero-order valence-electron chi connectivity index (χ0n) is 16.6. The average Bonchev–Trinajstić information content (AvgIpc) is 3.03. The lowest BCUT2D eigenvalue weighted by atomic mass is 10.1. The molecule has 1 heterocycles. The van der Waals surface area contributed by atoms with Crippen molar-refractivity contribution in [2.75, 3.05) is 16.8 Å². The van der Waals surface area contributed by atoms with Crippen molar-refractivity contribution in [3.05, 3.63) is 89.5 Å². The smallest absolute Gasteiger partial charge is 0.266 e. The minimum Gasteiger partial charge on any atom is -0.484 e. The maximum absolute atomic E-state index is 12.6. The second-order valence-corrected chi connectivity index (χ2v) is 6.96. The molecule has 3 aromatic rings. The number of benzene rings is 3. The van der Waals surface area contributed by atoms with Crippen molar-refractivity contribution in [1.82, 2.24) is 0 Å². The van der Waals surface area contributed by atoms with Gasteiger partial charge in [0.25, 0.3) is 17.7 Å². The Morgan fingerprint density at radius 2 is 1.52 bits per heavy atom. The number of rotatable bonds is 6. The number of amides is 3. The molecule has 3 amide bonds. The van der Waals surface area contributed by atoms with Gasteiger partial charge in [-0.15, -0.1) is 0 Å². The predicted octanol–water partition coefficient (Wildman–Crippen LogP) is 3.71. The average molecular weight is 414 g/mol. The number of hydrogen-bond acceptors (Lipinski definition) is 5. The van der Waals surface area contributed by atoms with Crippen molar-refractivity contribution in [2.45, 2.75) is 6.92 Å². The van der Waals surface area contributed by atoms with E-state index in [4.69, 9.17) is 4.74 Å². The Bertz CT molecular complexity index is 1170. The molecule has 31 heavy (non-hydrogen) atoms. The molecule has 7 nitrogen and oxygen atoms in total. The van der Waals surface area contributed by atoms with Crippen LogP contribution in [-0.4, -0.2) is 30.1 Å². The van der Waals surface area contributed by atoms with Crippen LogP contribution in [0.3, 0.4) is 0 Å². The van der Waals surface area contributed by atoms with E-state index in [0.717, 1.165) is 4.90 Å². The van der Waals surface area contributed by atoms with Crippen LogP contribution in [0.25, 0.3) is 0 Å². The first kappa shape index (κ1) is 20.0. The van der Waals surface area contributed by atoms with E-state index in [0.29, 0.717) is 33.8 Å². The van der Waals surface area contributed by atoms with Crippen LogP contribution in [-0.2, 0) is 4.79 Å². The molecule has 0 aliphatic carbocycles. The Labute approximate surface area is 178 Å². The van der Waals surface area contributed by atoms with Gasteiger partial charge in [-0.3, -0.25) is 19.2 Å². The maximum Gasteiger partial charge on any atom is 0.266 e. The molecule has 1 aliphatic heterocycles. The lowest BCUT2D eigenvalue weighted by Crippen LogP contribution is -2.29. The summed E-state index contributed by atoms with van der Waals surface area (Å²) in [6, 6.07) is 19.6. The number of ketones is 1. The standard InChI is InChI=1S/C24H18N2O5/c1-15(27)16-9-11-19(12-10-16)31-14-22(28)25-17-5-4-6-18(13-17)26-23(29)20-7-2-3-8-21(20)24(26)30/h2-13H,14H2,1H3,(H,25,28). The summed E-state index contributed by atoms with van der Waals surface area (Å²) in [7, 11) is 0. The van der Waals surface area contributed by atoms with Crippen LogP contribution in [0.1, 0.15) is 38.0 Å². The number of hydrogen-bond donors (Lipinski definition) is 1. The number of carbonyl (C=O) groups excluding carboxylic acids is 4. The third-order valence-electron chi connectivity index (χ3n) is 4.81. The molecule has 0 atom stereocenters. The highest BCUT2D eigenvalue weighted by Crippen LogP contribution is 2.29. The molecular weight excluding hydrogens is 396 g/mol. The van der Waals surface area contributed by atoms with Crippen molar-refractivity contribution >= 4 is 34.9 Å². The van der Waals surface area contributed by atoms with E-state index in [-0.39, 0.29) is 12.4 Å². The first-order valence-electron chi connectivity index (χ1n) is 9.55. The van der Waals surface area contributed by atoms with Crippen molar-refractivity contribution < 1.29 is 23.9 Å². The van der Waals surface area contributed by atoms with Crippen molar-refractivity contribution in [3.63, 3.8) is 0 Å². The lowest BCUT2D eigenvalue weighted by Gasteiger charge is -2.15. The molecule has 154 valence electrons. The first-order chi connectivity index (χ1) is 14.9. The lowest BCUT2D eigenvalue weighted by molar-refractivity contribution is -0.118. The highest BCUT2D eigenvalue weighted by molar-refractivity contribution is 6.34. The normalized spacial score (nSPS) is 12.5. The van der Waals surface area contributed by atoms with Gasteiger partial charge in [0.2, 0.25) is 0 Å². The fourth-order valence-electron chi connectivity index (χ4n) is 3.28. The third-order valence-corrected chi connectivity index (χ3v) is 4.81. The molecule has 0 fully saturated rings. The Morgan fingerprint density at radius 3 is 2.13 bits per heavy atom. The summed E-state index contributed by atoms with van der Waals surface area (Å²) in [6.07, 6.45) is 0. The minimum absolute atomic E-state index is 0.0535. The summed E-state index contributed by atoms with van der Waals surface area (Å²) >= 11 is 0. The molecule has 0 bridgehead atoms. The topological polar surface area (TPSA) is 92.8 Å². The molecule has 4 rings (SSSR count). The van der Waals surface area contributed by atoms with Crippen LogP contribution in [0, 0.1) is 0 Å². The molecule has 3 aromatic carbocycles. The zero-order chi connectivity index (χ0) is 22.0. The van der Waals surface area contributed by atoms with E-state index in [1.54, 1.807) is 72.8 Å². The summed E-state index contributed by atoms with van der Waals surface area (Å²) in [4.78, 5) is 49.9. The number of nitrogens with one attached hydrogen (secondary N) is 1. The molecule has 0 saturated heterocycles. The number of fused-ring (bicyclic) bond motifs is 1. The number of anilines is 2. The summed E-state index contributed by atoms with van der Waals surface area (Å²) in [5.41, 5.74) is 2.05. The maximum atomic E-state index is 12.6. The summed E-state index contributed by atoms with van der Waals surface area (Å²) in [5.74, 6) is -0.805. The molecule has 0 radical (unpaired) electrons. The van der Waals surface area contributed by atoms with E-state index in [9.17, 15) is 19.2 Å². The van der Waals surface area contributed by atoms with Crippen LogP contribution < -0.4 is 15.0 Å². The zero-order valence-corrected chi connectivity index (χ0v) is 16.6. The van der Waals surface area contributed by atoms with Crippen molar-refractivity contribution in [3.8, 4) is 5.75 Å². The molecule has 0 unspecified atom stereocenters. The highest BCUT2D eigenvalue weighted by Gasteiger charge is 2.36. The van der Waals surface area contributed by atoms with E-state index in [1.165, 1.54) is 6.92 Å². The second kappa shape index (κ2) is 8.23. The van der Waals surface area contributed by atoms with Crippen LogP contribution in [0.2, 0.25) is 0 Å². The van der Waals surface area contributed by atoms with Gasteiger partial charge in [0.05, 0.1) is 16.8 Å². The summed E-state index contributed by atoms with van der Waals surface area (Å²) in [6.45, 7) is 1.23. The van der Waals surface area contributed by atoms with Crippen LogP contribution >= 0.6 is 0 Å². The third kappa shape index (κ3) is 4.06. The second-order valence-electron chi connectivity index (χ2n) is 6.96. The van der Waals surface area contributed by atoms with Crippen LogP contribution in [0.15, 0.2) is 72.8 Å². The van der Waals surface area contributed by atoms with E-state index >= 15 is 0 Å². The number of Topliss-reactive ketones (excluding diaryl/α,β-unsaturated/α-hetero) is 1. The van der Waals surface area contributed by atoms with Gasteiger partial charge in [0, 0.05) is 11.3 Å². The molecule has 0 saturated carbocycles. The Kier molecular flexibility index (Phi) is 5.32. The SMILES string of the molecule is CC(=O)c1ccc(OCC(=O)Nc2cccc(N3C(=O)c4ccccc4C3=O)c2)cc1. The summed E-state index contributed by atoms with van der Waals surface area (Å²) in [5, 5.41) is 2.69. The van der Waals surface area contributed by atoms with Gasteiger partial charge >= 0.3 is 0 Å². The molecular formula is C24H18N2O5. The van der Waals surface area contributed by atoms with Gasteiger partial charge in [-0.1, -0.05) is 18.2 Å². The van der Waals surface area contributed by atoms with Gasteiger partial charge in [-0.25, -0.2) is 4.90 Å². The molecule has 7 heteroatoms. The molecule has 0 aromatic heterocycles. The van der Waals surface area contributed by atoms with E-state index in [2.05, 4.69) is 5.32 Å². The fourth-order valence-corrected chi connectivity index (χ4v) is 3.28. The van der Waals surface area contributed by atoms with Gasteiger partial charge in [-0.05, 0) is 61.5 Å². The summed E-state index contributed by atoms with van der Waals surface area (Å²) < 4.78 is 5.44. The quantitative estimate of drug-likeness (QED) is 0.490. The van der Waals surface area contributed by atoms with Crippen molar-refractivity contribution in [1.29, 1.82) is 0 Å². The van der Waals surface area contributed by atoms with E-state index in [1.807, 2.05) is 0 Å². The van der Waals surface area contributed by atoms with Crippen LogP contribution in [0.4, 0.5) is 11.4 Å². The van der Waals surface area contributed by atoms with Gasteiger partial charge in [0.15, 0.2) is 12.4 Å². The largest absolute Gasteiger partial charge is 0.484 e. The Morgan fingerprint density at radius 1 is 0.871 bits per heavy atom. The highest BCUT2D eigenvalue weighted by atomic mass is 16.5. The van der Waals surface area contributed by atoms with Crippen molar-refractivity contribution in [2.24, 2.45) is 0 Å². The minimum atomic E-state index is -0.407. The molecule has 1 N–H and O–H groups in total. The monoisotopic (exact) mass is 414 g/mol. The Hall–Kier alpha value is -4.26. The molecule has 1 aliphatic rings. The number of nitrogens with zero attached hydrogens (tertiary/aromatic N) is 1. The fraction of sp³-hybridized carbons (Fsp3) is 0.0833. The molecule has 0 spiro atoms.